The number of aliphatic carboxylic acids is 1. The van der Waals surface area contributed by atoms with E-state index in [0.29, 0.717) is 0 Å². The molecule has 0 spiro atoms. The fourth-order valence-electron chi connectivity index (χ4n) is 1.36. The van der Waals surface area contributed by atoms with Crippen molar-refractivity contribution in [1.29, 1.82) is 0 Å². The van der Waals surface area contributed by atoms with Gasteiger partial charge in [0.15, 0.2) is 0 Å². The Balaban J connectivity index is 2.91. The summed E-state index contributed by atoms with van der Waals surface area (Å²) in [5.74, 6) is -5.76. The number of hydrogen-bond acceptors (Lipinski definition) is 1. The van der Waals surface area contributed by atoms with Crippen molar-refractivity contribution in [2.45, 2.75) is 37.3 Å². The lowest BCUT2D eigenvalue weighted by molar-refractivity contribution is -0.195. The first-order valence-electron chi connectivity index (χ1n) is 3.70. The fourth-order valence-corrected chi connectivity index (χ4v) is 1.36. The van der Waals surface area contributed by atoms with Crippen LogP contribution in [0.25, 0.3) is 0 Å². The number of carboxylic acids is 1. The van der Waals surface area contributed by atoms with Gasteiger partial charge in [0.1, 0.15) is 0 Å². The van der Waals surface area contributed by atoms with Crippen LogP contribution in [0.15, 0.2) is 0 Å². The summed E-state index contributed by atoms with van der Waals surface area (Å²) in [5, 5.41) is 8.28. The van der Waals surface area contributed by atoms with Gasteiger partial charge in [-0.2, -0.15) is 0 Å². The average molecular weight is 182 g/mol. The third-order valence-electron chi connectivity index (χ3n) is 2.18. The first kappa shape index (κ1) is 9.35. The first-order valence-corrected chi connectivity index (χ1v) is 3.70. The number of alkyl halides is 3. The molecule has 0 aromatic rings. The second-order valence-electron chi connectivity index (χ2n) is 3.02. The number of carbonyl (C=O) groups is 1. The molecule has 0 heterocycles. The van der Waals surface area contributed by atoms with Gasteiger partial charge in [-0.15, -0.1) is 0 Å². The molecule has 0 aromatic carbocycles. The largest absolute Gasteiger partial charge is 0.479 e. The van der Waals surface area contributed by atoms with Crippen LogP contribution in [0.4, 0.5) is 13.2 Å². The number of rotatable bonds is 1. The van der Waals surface area contributed by atoms with Crippen LogP contribution in [0, 0.1) is 0 Å². The molecule has 1 aliphatic rings. The topological polar surface area (TPSA) is 37.3 Å². The Labute approximate surface area is 67.4 Å². The predicted octanol–water partition coefficient (Wildman–Crippen LogP) is 1.99. The van der Waals surface area contributed by atoms with Crippen molar-refractivity contribution in [3.63, 3.8) is 0 Å². The third-order valence-corrected chi connectivity index (χ3v) is 2.18. The Morgan fingerprint density at radius 3 is 2.00 bits per heavy atom. The van der Waals surface area contributed by atoms with Crippen molar-refractivity contribution in [2.75, 3.05) is 0 Å². The maximum atomic E-state index is 13.1. The maximum absolute atomic E-state index is 13.1. The lowest BCUT2D eigenvalue weighted by Gasteiger charge is -2.33. The molecule has 1 fully saturated rings. The molecule has 12 heavy (non-hydrogen) atoms. The van der Waals surface area contributed by atoms with Crippen molar-refractivity contribution in [1.82, 2.24) is 0 Å². The van der Waals surface area contributed by atoms with Crippen LogP contribution >= 0.6 is 0 Å². The first-order chi connectivity index (χ1) is 5.40. The molecule has 0 unspecified atom stereocenters. The molecule has 5 heteroatoms. The molecular formula is C7H9F3O2. The van der Waals surface area contributed by atoms with E-state index >= 15 is 0 Å². The van der Waals surface area contributed by atoms with Gasteiger partial charge in [0.2, 0.25) is 0 Å². The summed E-state index contributed by atoms with van der Waals surface area (Å²) in [4.78, 5) is 10.2. The second-order valence-corrected chi connectivity index (χ2v) is 3.02. The molecule has 0 aliphatic heterocycles. The van der Waals surface area contributed by atoms with Gasteiger partial charge in [0.25, 0.3) is 11.6 Å². The van der Waals surface area contributed by atoms with E-state index in [0.717, 1.165) is 0 Å². The molecular weight excluding hydrogens is 173 g/mol. The van der Waals surface area contributed by atoms with Gasteiger partial charge in [0, 0.05) is 6.42 Å². The highest BCUT2D eigenvalue weighted by molar-refractivity contribution is 5.79. The van der Waals surface area contributed by atoms with Gasteiger partial charge in [0.05, 0.1) is 0 Å². The van der Waals surface area contributed by atoms with E-state index < -0.39 is 30.4 Å². The van der Waals surface area contributed by atoms with Gasteiger partial charge in [-0.05, 0) is 19.3 Å². The van der Waals surface area contributed by atoms with Crippen LogP contribution in [-0.4, -0.2) is 22.7 Å². The molecule has 0 aromatic heterocycles. The van der Waals surface area contributed by atoms with Gasteiger partial charge < -0.3 is 5.11 Å². The van der Waals surface area contributed by atoms with Crippen LogP contribution in [0.2, 0.25) is 0 Å². The smallest absolute Gasteiger partial charge is 0.347 e. The zero-order chi connectivity index (χ0) is 9.41. The van der Waals surface area contributed by atoms with E-state index in [1.807, 2.05) is 0 Å². The van der Waals surface area contributed by atoms with Crippen molar-refractivity contribution < 1.29 is 23.1 Å². The van der Waals surface area contributed by atoms with E-state index in [2.05, 4.69) is 0 Å². The van der Waals surface area contributed by atoms with Crippen LogP contribution in [0.1, 0.15) is 25.7 Å². The highest BCUT2D eigenvalue weighted by atomic mass is 19.3. The number of carboxylic acid groups (broad SMARTS) is 1. The van der Waals surface area contributed by atoms with Crippen LogP contribution in [-0.2, 0) is 4.79 Å². The Morgan fingerprint density at radius 2 is 1.67 bits per heavy atom. The number of hydrogen-bond donors (Lipinski definition) is 1. The van der Waals surface area contributed by atoms with E-state index in [1.165, 1.54) is 0 Å². The molecule has 0 radical (unpaired) electrons. The minimum atomic E-state index is -3.71. The molecule has 1 N–H and O–H groups in total. The molecule has 1 rings (SSSR count). The minimum Gasteiger partial charge on any atom is -0.479 e. The van der Waals surface area contributed by atoms with Gasteiger partial charge in [-0.3, -0.25) is 0 Å². The molecule has 0 saturated heterocycles. The van der Waals surface area contributed by atoms with E-state index in [4.69, 9.17) is 5.11 Å². The van der Waals surface area contributed by atoms with Crippen LogP contribution in [0.3, 0.4) is 0 Å². The fraction of sp³-hybridized carbons (Fsp3) is 0.857. The highest BCUT2D eigenvalue weighted by Gasteiger charge is 2.61. The molecule has 0 bridgehead atoms. The monoisotopic (exact) mass is 182 g/mol. The minimum absolute atomic E-state index is 0.186. The summed E-state index contributed by atoms with van der Waals surface area (Å²) < 4.78 is 38.6. The third kappa shape index (κ3) is 1.17. The predicted molar refractivity (Wildman–Crippen MR) is 34.9 cm³/mol. The zero-order valence-electron chi connectivity index (χ0n) is 6.32. The van der Waals surface area contributed by atoms with Crippen LogP contribution in [0.5, 0.6) is 0 Å². The molecule has 1 saturated carbocycles. The Kier molecular flexibility index (Phi) is 2.06. The Bertz CT molecular complexity index is 205. The van der Waals surface area contributed by atoms with Crippen molar-refractivity contribution in [3.05, 3.63) is 0 Å². The maximum Gasteiger partial charge on any atom is 0.347 e. The Morgan fingerprint density at radius 1 is 1.17 bits per heavy atom. The lowest BCUT2D eigenvalue weighted by atomic mass is 9.83. The summed E-state index contributed by atoms with van der Waals surface area (Å²) in [6.07, 6.45) is -0.866. The van der Waals surface area contributed by atoms with Gasteiger partial charge >= 0.3 is 5.97 Å². The number of halogens is 3. The van der Waals surface area contributed by atoms with E-state index in [-0.39, 0.29) is 12.8 Å². The molecule has 2 nitrogen and oxygen atoms in total. The SMILES string of the molecule is O=C(O)[C@]1(F)CCCCC1(F)F. The quantitative estimate of drug-likeness (QED) is 0.673. The van der Waals surface area contributed by atoms with Crippen molar-refractivity contribution >= 4 is 5.97 Å². The molecule has 70 valence electrons. The van der Waals surface area contributed by atoms with Crippen molar-refractivity contribution in [3.8, 4) is 0 Å². The summed E-state index contributed by atoms with van der Waals surface area (Å²) in [6, 6.07) is 0. The zero-order valence-corrected chi connectivity index (χ0v) is 6.32. The highest BCUT2D eigenvalue weighted by Crippen LogP contribution is 2.44. The summed E-state index contributed by atoms with van der Waals surface area (Å²) in [7, 11) is 0. The second kappa shape index (κ2) is 2.64. The standard InChI is InChI=1S/C7H9F3O2/c8-6(5(11)12)3-1-2-4-7(6,9)10/h1-4H2,(H,11,12)/t6-/m1/s1. The summed E-state index contributed by atoms with van der Waals surface area (Å²) in [5.41, 5.74) is -3.34. The summed E-state index contributed by atoms with van der Waals surface area (Å²) in [6.45, 7) is 0. The van der Waals surface area contributed by atoms with E-state index in [1.54, 1.807) is 0 Å². The van der Waals surface area contributed by atoms with Gasteiger partial charge in [-0.1, -0.05) is 0 Å². The van der Waals surface area contributed by atoms with Crippen LogP contribution < -0.4 is 0 Å². The average Bonchev–Trinajstić information content (AvgIpc) is 1.95. The van der Waals surface area contributed by atoms with Crippen molar-refractivity contribution in [2.24, 2.45) is 0 Å². The lowest BCUT2D eigenvalue weighted by Crippen LogP contribution is -2.52. The molecule has 0 amide bonds. The van der Waals surface area contributed by atoms with E-state index in [9.17, 15) is 18.0 Å². The molecule has 1 atom stereocenters. The molecule has 1 aliphatic carbocycles. The van der Waals surface area contributed by atoms with Gasteiger partial charge in [-0.25, -0.2) is 18.0 Å². The summed E-state index contributed by atoms with van der Waals surface area (Å²) >= 11 is 0. The normalized spacial score (nSPS) is 34.6. The Hall–Kier alpha value is -0.740.